The SMILES string of the molecule is CC1(OCC(=O)NC(CC(=O)O)C2CC2)CNC1. The molecule has 0 aromatic carbocycles. The topological polar surface area (TPSA) is 87.7 Å². The Morgan fingerprint density at radius 1 is 1.50 bits per heavy atom. The Balaban J connectivity index is 1.72. The van der Waals surface area contributed by atoms with E-state index < -0.39 is 5.97 Å². The van der Waals surface area contributed by atoms with E-state index in [0.29, 0.717) is 5.92 Å². The van der Waals surface area contributed by atoms with Gasteiger partial charge in [0.2, 0.25) is 5.91 Å². The Morgan fingerprint density at radius 2 is 2.17 bits per heavy atom. The van der Waals surface area contributed by atoms with Gasteiger partial charge in [0.15, 0.2) is 0 Å². The van der Waals surface area contributed by atoms with Crippen molar-refractivity contribution in [2.75, 3.05) is 19.7 Å². The normalized spacial score (nSPS) is 22.9. The summed E-state index contributed by atoms with van der Waals surface area (Å²) in [7, 11) is 0. The molecule has 1 aliphatic heterocycles. The number of carboxylic acids is 1. The van der Waals surface area contributed by atoms with Gasteiger partial charge in [-0.3, -0.25) is 9.59 Å². The molecule has 3 N–H and O–H groups in total. The smallest absolute Gasteiger partial charge is 0.305 e. The van der Waals surface area contributed by atoms with E-state index >= 15 is 0 Å². The van der Waals surface area contributed by atoms with Crippen LogP contribution in [0.4, 0.5) is 0 Å². The number of rotatable bonds is 7. The molecular weight excluding hydrogens is 236 g/mol. The lowest BCUT2D eigenvalue weighted by atomic mass is 10.0. The van der Waals surface area contributed by atoms with Gasteiger partial charge in [-0.1, -0.05) is 0 Å². The van der Waals surface area contributed by atoms with Crippen LogP contribution >= 0.6 is 0 Å². The quantitative estimate of drug-likeness (QED) is 0.584. The van der Waals surface area contributed by atoms with Gasteiger partial charge < -0.3 is 20.5 Å². The molecule has 2 fully saturated rings. The van der Waals surface area contributed by atoms with Gasteiger partial charge >= 0.3 is 5.97 Å². The number of amides is 1. The lowest BCUT2D eigenvalue weighted by Crippen LogP contribution is -2.59. The van der Waals surface area contributed by atoms with E-state index in [9.17, 15) is 9.59 Å². The molecule has 1 saturated carbocycles. The predicted octanol–water partition coefficient (Wildman–Crippen LogP) is -0.266. The minimum atomic E-state index is -0.872. The second kappa shape index (κ2) is 5.24. The number of ether oxygens (including phenoxy) is 1. The van der Waals surface area contributed by atoms with Gasteiger partial charge in [-0.25, -0.2) is 0 Å². The van der Waals surface area contributed by atoms with Crippen molar-refractivity contribution in [3.05, 3.63) is 0 Å². The van der Waals surface area contributed by atoms with Crippen LogP contribution in [0.5, 0.6) is 0 Å². The molecule has 0 radical (unpaired) electrons. The van der Waals surface area contributed by atoms with E-state index in [4.69, 9.17) is 9.84 Å². The average Bonchev–Trinajstić information content (AvgIpc) is 3.06. The third kappa shape index (κ3) is 3.68. The Morgan fingerprint density at radius 3 is 2.61 bits per heavy atom. The average molecular weight is 256 g/mol. The van der Waals surface area contributed by atoms with Gasteiger partial charge in [-0.15, -0.1) is 0 Å². The van der Waals surface area contributed by atoms with Crippen LogP contribution in [0.3, 0.4) is 0 Å². The second-order valence-corrected chi connectivity index (χ2v) is 5.45. The van der Waals surface area contributed by atoms with Crippen LogP contribution in [-0.4, -0.2) is 48.3 Å². The number of carbonyl (C=O) groups excluding carboxylic acids is 1. The molecule has 18 heavy (non-hydrogen) atoms. The standard InChI is InChI=1S/C12H20N2O4/c1-12(6-13-7-12)18-5-10(15)14-9(4-11(16)17)8-2-3-8/h8-9,13H,2-7H2,1H3,(H,14,15)(H,16,17). The maximum Gasteiger partial charge on any atom is 0.305 e. The van der Waals surface area contributed by atoms with Gasteiger partial charge in [-0.05, 0) is 25.7 Å². The van der Waals surface area contributed by atoms with Crippen LogP contribution in [0.2, 0.25) is 0 Å². The van der Waals surface area contributed by atoms with E-state index in [2.05, 4.69) is 10.6 Å². The number of hydrogen-bond acceptors (Lipinski definition) is 4. The van der Waals surface area contributed by atoms with Crippen molar-refractivity contribution in [2.24, 2.45) is 5.92 Å². The van der Waals surface area contributed by atoms with Crippen LogP contribution in [-0.2, 0) is 14.3 Å². The summed E-state index contributed by atoms with van der Waals surface area (Å²) in [6.45, 7) is 3.45. The molecule has 1 amide bonds. The van der Waals surface area contributed by atoms with Crippen molar-refractivity contribution < 1.29 is 19.4 Å². The molecule has 102 valence electrons. The molecule has 0 aromatic heterocycles. The number of carboxylic acid groups (broad SMARTS) is 1. The highest BCUT2D eigenvalue weighted by Crippen LogP contribution is 2.34. The first-order valence-corrected chi connectivity index (χ1v) is 6.34. The monoisotopic (exact) mass is 256 g/mol. The van der Waals surface area contributed by atoms with Gasteiger partial charge in [-0.2, -0.15) is 0 Å². The molecule has 6 nitrogen and oxygen atoms in total. The first-order chi connectivity index (χ1) is 8.48. The Hall–Kier alpha value is -1.14. The minimum absolute atomic E-state index is 0.00101. The molecule has 1 heterocycles. The molecule has 1 saturated heterocycles. The first-order valence-electron chi connectivity index (χ1n) is 6.34. The number of hydrogen-bond donors (Lipinski definition) is 3. The fourth-order valence-electron chi connectivity index (χ4n) is 2.09. The zero-order valence-corrected chi connectivity index (χ0v) is 10.6. The van der Waals surface area contributed by atoms with E-state index in [1.807, 2.05) is 6.92 Å². The summed E-state index contributed by atoms with van der Waals surface area (Å²) >= 11 is 0. The molecule has 1 atom stereocenters. The van der Waals surface area contributed by atoms with E-state index in [-0.39, 0.29) is 30.6 Å². The van der Waals surface area contributed by atoms with Crippen molar-refractivity contribution in [1.29, 1.82) is 0 Å². The lowest BCUT2D eigenvalue weighted by Gasteiger charge is -2.38. The fraction of sp³-hybridized carbons (Fsp3) is 0.833. The summed E-state index contributed by atoms with van der Waals surface area (Å²) in [6.07, 6.45) is 2.00. The highest BCUT2D eigenvalue weighted by molar-refractivity contribution is 5.78. The predicted molar refractivity (Wildman–Crippen MR) is 64.1 cm³/mol. The van der Waals surface area contributed by atoms with Crippen LogP contribution in [0, 0.1) is 5.92 Å². The van der Waals surface area contributed by atoms with Crippen LogP contribution in [0.25, 0.3) is 0 Å². The van der Waals surface area contributed by atoms with Crippen molar-refractivity contribution in [3.63, 3.8) is 0 Å². The minimum Gasteiger partial charge on any atom is -0.481 e. The fourth-order valence-corrected chi connectivity index (χ4v) is 2.09. The zero-order chi connectivity index (χ0) is 13.2. The third-order valence-corrected chi connectivity index (χ3v) is 3.48. The van der Waals surface area contributed by atoms with Crippen LogP contribution in [0.1, 0.15) is 26.2 Å². The molecule has 2 aliphatic rings. The van der Waals surface area contributed by atoms with Crippen molar-refractivity contribution >= 4 is 11.9 Å². The van der Waals surface area contributed by atoms with Crippen LogP contribution in [0.15, 0.2) is 0 Å². The molecule has 6 heteroatoms. The lowest BCUT2D eigenvalue weighted by molar-refractivity contribution is -0.139. The van der Waals surface area contributed by atoms with E-state index in [0.717, 1.165) is 25.9 Å². The Labute approximate surface area is 106 Å². The summed E-state index contributed by atoms with van der Waals surface area (Å²) in [5.74, 6) is -0.768. The van der Waals surface area contributed by atoms with Crippen molar-refractivity contribution in [3.8, 4) is 0 Å². The molecule has 2 rings (SSSR count). The summed E-state index contributed by atoms with van der Waals surface area (Å²) in [6, 6.07) is -0.245. The van der Waals surface area contributed by atoms with Gasteiger partial charge in [0.1, 0.15) is 6.61 Å². The molecule has 1 aliphatic carbocycles. The van der Waals surface area contributed by atoms with Crippen LogP contribution < -0.4 is 10.6 Å². The third-order valence-electron chi connectivity index (χ3n) is 3.48. The highest BCUT2D eigenvalue weighted by atomic mass is 16.5. The Kier molecular flexibility index (Phi) is 3.87. The molecule has 1 unspecified atom stereocenters. The molecule has 0 spiro atoms. The molecular formula is C12H20N2O4. The summed E-state index contributed by atoms with van der Waals surface area (Å²) in [4.78, 5) is 22.4. The maximum absolute atomic E-state index is 11.7. The van der Waals surface area contributed by atoms with Crippen molar-refractivity contribution in [2.45, 2.75) is 37.8 Å². The molecule has 0 aromatic rings. The van der Waals surface area contributed by atoms with E-state index in [1.165, 1.54) is 0 Å². The second-order valence-electron chi connectivity index (χ2n) is 5.45. The van der Waals surface area contributed by atoms with Gasteiger partial charge in [0.05, 0.1) is 12.0 Å². The summed E-state index contributed by atoms with van der Waals surface area (Å²) < 4.78 is 5.51. The zero-order valence-electron chi connectivity index (χ0n) is 10.6. The summed E-state index contributed by atoms with van der Waals surface area (Å²) in [5.41, 5.74) is -0.251. The Bertz CT molecular complexity index is 337. The number of aliphatic carboxylic acids is 1. The van der Waals surface area contributed by atoms with Gasteiger partial charge in [0, 0.05) is 19.1 Å². The maximum atomic E-state index is 11.7. The first kappa shape index (κ1) is 13.3. The largest absolute Gasteiger partial charge is 0.481 e. The molecule has 0 bridgehead atoms. The number of nitrogens with one attached hydrogen (secondary N) is 2. The summed E-state index contributed by atoms with van der Waals surface area (Å²) in [5, 5.41) is 14.6. The van der Waals surface area contributed by atoms with Gasteiger partial charge in [0.25, 0.3) is 0 Å². The van der Waals surface area contributed by atoms with Crippen molar-refractivity contribution in [1.82, 2.24) is 10.6 Å². The number of carbonyl (C=O) groups is 2. The highest BCUT2D eigenvalue weighted by Gasteiger charge is 2.35. The van der Waals surface area contributed by atoms with E-state index in [1.54, 1.807) is 0 Å².